The number of alkyl halides is 1. The molecule has 112 valence electrons. The van der Waals surface area contributed by atoms with Crippen molar-refractivity contribution >= 4 is 23.2 Å². The smallest absolute Gasteiger partial charge is 0.127 e. The average molecular weight is 325 g/mol. The monoisotopic (exact) mass is 324 g/mol. The van der Waals surface area contributed by atoms with E-state index in [0.717, 1.165) is 5.56 Å². The van der Waals surface area contributed by atoms with Gasteiger partial charge in [-0.1, -0.05) is 62.7 Å². The molecule has 0 saturated heterocycles. The molecule has 2 aromatic rings. The van der Waals surface area contributed by atoms with Crippen LogP contribution in [0.15, 0.2) is 42.5 Å². The van der Waals surface area contributed by atoms with Gasteiger partial charge in [-0.2, -0.15) is 0 Å². The van der Waals surface area contributed by atoms with Crippen LogP contribution in [-0.4, -0.2) is 0 Å². The zero-order chi connectivity index (χ0) is 15.6. The molecule has 1 atom stereocenters. The Labute approximate surface area is 135 Å². The summed E-state index contributed by atoms with van der Waals surface area (Å²) in [4.78, 5) is 0. The summed E-state index contributed by atoms with van der Waals surface area (Å²) in [5.74, 6) is -0.304. The lowest BCUT2D eigenvalue weighted by molar-refractivity contribution is 0.577. The molecular weight excluding hydrogens is 306 g/mol. The lowest BCUT2D eigenvalue weighted by atomic mass is 9.82. The lowest BCUT2D eigenvalue weighted by Gasteiger charge is -2.25. The van der Waals surface area contributed by atoms with Crippen LogP contribution in [0.1, 0.15) is 42.8 Å². The van der Waals surface area contributed by atoms with Crippen LogP contribution in [0, 0.1) is 5.82 Å². The number of halogens is 3. The highest BCUT2D eigenvalue weighted by molar-refractivity contribution is 6.31. The molecule has 0 radical (unpaired) electrons. The first kappa shape index (κ1) is 16.3. The summed E-state index contributed by atoms with van der Waals surface area (Å²) in [6.45, 7) is 6.43. The summed E-state index contributed by atoms with van der Waals surface area (Å²) >= 11 is 12.7. The third kappa shape index (κ3) is 3.78. The highest BCUT2D eigenvalue weighted by Gasteiger charge is 2.22. The maximum Gasteiger partial charge on any atom is 0.127 e. The van der Waals surface area contributed by atoms with Gasteiger partial charge in [0.15, 0.2) is 0 Å². The molecule has 0 aliphatic rings. The Morgan fingerprint density at radius 3 is 2.33 bits per heavy atom. The van der Waals surface area contributed by atoms with Crippen LogP contribution in [0.4, 0.5) is 4.39 Å². The van der Waals surface area contributed by atoms with Gasteiger partial charge in [0.25, 0.3) is 0 Å². The summed E-state index contributed by atoms with van der Waals surface area (Å²) < 4.78 is 13.9. The molecule has 0 aliphatic carbocycles. The summed E-state index contributed by atoms with van der Waals surface area (Å²) in [6, 6.07) is 12.8. The van der Waals surface area contributed by atoms with E-state index in [1.54, 1.807) is 12.1 Å². The zero-order valence-electron chi connectivity index (χ0n) is 12.5. The minimum atomic E-state index is -0.310. The third-order valence-corrected chi connectivity index (χ3v) is 4.29. The molecule has 0 nitrogen and oxygen atoms in total. The predicted molar refractivity (Wildman–Crippen MR) is 88.9 cm³/mol. The van der Waals surface area contributed by atoms with Crippen molar-refractivity contribution in [2.24, 2.45) is 0 Å². The molecule has 0 saturated carbocycles. The van der Waals surface area contributed by atoms with Crippen molar-refractivity contribution in [3.8, 4) is 0 Å². The average Bonchev–Trinajstić information content (AvgIpc) is 2.42. The van der Waals surface area contributed by atoms with E-state index >= 15 is 0 Å². The van der Waals surface area contributed by atoms with Crippen molar-refractivity contribution < 1.29 is 4.39 Å². The van der Waals surface area contributed by atoms with Gasteiger partial charge >= 0.3 is 0 Å². The summed E-state index contributed by atoms with van der Waals surface area (Å²) in [5.41, 5.74) is 2.68. The molecule has 2 aromatic carbocycles. The minimum absolute atomic E-state index is 0.0112. The number of benzene rings is 2. The van der Waals surface area contributed by atoms with Crippen LogP contribution in [0.5, 0.6) is 0 Å². The number of hydrogen-bond acceptors (Lipinski definition) is 0. The van der Waals surface area contributed by atoms with Gasteiger partial charge in [-0.15, -0.1) is 11.6 Å². The van der Waals surface area contributed by atoms with Crippen LogP contribution in [-0.2, 0) is 11.8 Å². The Balaban J connectivity index is 2.36. The minimum Gasteiger partial charge on any atom is -0.207 e. The Morgan fingerprint density at radius 2 is 1.71 bits per heavy atom. The molecule has 3 heteroatoms. The standard InChI is InChI=1S/C18H19Cl2F/c1-18(2,3)14-8-5-4-7-12(14)16(20)11-13-15(19)9-6-10-17(13)21/h4-10,16H,11H2,1-3H3. The maximum atomic E-state index is 13.9. The van der Waals surface area contributed by atoms with Gasteiger partial charge in [-0.3, -0.25) is 0 Å². The van der Waals surface area contributed by atoms with Crippen molar-refractivity contribution in [1.29, 1.82) is 0 Å². The van der Waals surface area contributed by atoms with E-state index in [2.05, 4.69) is 26.8 Å². The normalized spacial score (nSPS) is 13.2. The first-order valence-corrected chi connectivity index (χ1v) is 7.78. The van der Waals surface area contributed by atoms with Crippen LogP contribution in [0.25, 0.3) is 0 Å². The maximum absolute atomic E-state index is 13.9. The fraction of sp³-hybridized carbons (Fsp3) is 0.333. The number of hydrogen-bond donors (Lipinski definition) is 0. The van der Waals surface area contributed by atoms with Gasteiger partial charge in [0.2, 0.25) is 0 Å². The second kappa shape index (κ2) is 6.37. The Bertz CT molecular complexity index is 609. The van der Waals surface area contributed by atoms with Gasteiger partial charge in [-0.05, 0) is 35.1 Å². The molecule has 0 spiro atoms. The first-order valence-electron chi connectivity index (χ1n) is 6.97. The van der Waals surface area contributed by atoms with E-state index in [1.165, 1.54) is 11.6 Å². The third-order valence-electron chi connectivity index (χ3n) is 3.55. The van der Waals surface area contributed by atoms with Crippen molar-refractivity contribution in [2.75, 3.05) is 0 Å². The predicted octanol–water partition coefficient (Wildman–Crippen LogP) is 6.30. The molecule has 21 heavy (non-hydrogen) atoms. The summed E-state index contributed by atoms with van der Waals surface area (Å²) in [5, 5.41) is 0.115. The van der Waals surface area contributed by atoms with E-state index < -0.39 is 0 Å². The van der Waals surface area contributed by atoms with Crippen LogP contribution >= 0.6 is 23.2 Å². The molecule has 0 fully saturated rings. The molecule has 0 N–H and O–H groups in total. The Morgan fingerprint density at radius 1 is 1.05 bits per heavy atom. The molecule has 1 unspecified atom stereocenters. The Hall–Kier alpha value is -1.05. The van der Waals surface area contributed by atoms with Gasteiger partial charge in [0.05, 0.1) is 5.38 Å². The lowest BCUT2D eigenvalue weighted by Crippen LogP contribution is -2.15. The number of rotatable bonds is 3. The van der Waals surface area contributed by atoms with E-state index in [-0.39, 0.29) is 16.6 Å². The van der Waals surface area contributed by atoms with E-state index in [1.807, 2.05) is 18.2 Å². The topological polar surface area (TPSA) is 0 Å². The SMILES string of the molecule is CC(C)(C)c1ccccc1C(Cl)Cc1c(F)cccc1Cl. The molecule has 0 heterocycles. The van der Waals surface area contributed by atoms with Crippen molar-refractivity contribution in [2.45, 2.75) is 38.0 Å². The largest absolute Gasteiger partial charge is 0.207 e. The second-order valence-electron chi connectivity index (χ2n) is 6.21. The molecule has 0 aliphatic heterocycles. The van der Waals surface area contributed by atoms with Gasteiger partial charge in [0, 0.05) is 10.6 Å². The van der Waals surface area contributed by atoms with Gasteiger partial charge in [0.1, 0.15) is 5.82 Å². The summed E-state index contributed by atoms with van der Waals surface area (Å²) in [6.07, 6.45) is 0.375. The van der Waals surface area contributed by atoms with Gasteiger partial charge < -0.3 is 0 Å². The molecule has 0 aromatic heterocycles. The zero-order valence-corrected chi connectivity index (χ0v) is 14.0. The highest BCUT2D eigenvalue weighted by atomic mass is 35.5. The van der Waals surface area contributed by atoms with Gasteiger partial charge in [-0.25, -0.2) is 4.39 Å². The first-order chi connectivity index (χ1) is 9.80. The van der Waals surface area contributed by atoms with Crippen LogP contribution < -0.4 is 0 Å². The van der Waals surface area contributed by atoms with Crippen LogP contribution in [0.2, 0.25) is 5.02 Å². The van der Waals surface area contributed by atoms with E-state index in [0.29, 0.717) is 17.0 Å². The van der Waals surface area contributed by atoms with E-state index in [4.69, 9.17) is 23.2 Å². The molecule has 0 amide bonds. The second-order valence-corrected chi connectivity index (χ2v) is 7.14. The molecular formula is C18H19Cl2F. The molecule has 2 rings (SSSR count). The molecule has 0 bridgehead atoms. The fourth-order valence-corrected chi connectivity index (χ4v) is 3.05. The van der Waals surface area contributed by atoms with Crippen molar-refractivity contribution in [3.05, 3.63) is 70.0 Å². The Kier molecular flexibility index (Phi) is 4.95. The van der Waals surface area contributed by atoms with Crippen LogP contribution in [0.3, 0.4) is 0 Å². The quantitative estimate of drug-likeness (QED) is 0.581. The van der Waals surface area contributed by atoms with Crippen molar-refractivity contribution in [1.82, 2.24) is 0 Å². The highest BCUT2D eigenvalue weighted by Crippen LogP contribution is 2.35. The van der Waals surface area contributed by atoms with E-state index in [9.17, 15) is 4.39 Å². The van der Waals surface area contributed by atoms with Crippen molar-refractivity contribution in [3.63, 3.8) is 0 Å². The summed E-state index contributed by atoms with van der Waals surface area (Å²) in [7, 11) is 0. The fourth-order valence-electron chi connectivity index (χ4n) is 2.47.